The molecule has 4 rings (SSSR count). The van der Waals surface area contributed by atoms with Crippen LogP contribution in [-0.2, 0) is 13.0 Å². The van der Waals surface area contributed by atoms with Crippen LogP contribution in [0.2, 0.25) is 0 Å². The van der Waals surface area contributed by atoms with Crippen molar-refractivity contribution in [1.82, 2.24) is 19.5 Å². The molecule has 0 fully saturated rings. The summed E-state index contributed by atoms with van der Waals surface area (Å²) in [6.45, 7) is 1.95. The third-order valence-electron chi connectivity index (χ3n) is 4.53. The average molecular weight is 382 g/mol. The lowest BCUT2D eigenvalue weighted by Gasteiger charge is -2.20. The number of hydrogen-bond donors (Lipinski definition) is 2. The molecule has 9 heteroatoms. The van der Waals surface area contributed by atoms with Gasteiger partial charge in [-0.25, -0.2) is 4.98 Å². The van der Waals surface area contributed by atoms with Crippen LogP contribution in [0.3, 0.4) is 0 Å². The van der Waals surface area contributed by atoms with Crippen LogP contribution in [0, 0.1) is 18.4 Å². The van der Waals surface area contributed by atoms with Crippen molar-refractivity contribution in [2.24, 2.45) is 5.73 Å². The van der Waals surface area contributed by atoms with Crippen molar-refractivity contribution in [3.8, 4) is 23.8 Å². The Hall–Kier alpha value is -3.38. The highest BCUT2D eigenvalue weighted by Gasteiger charge is 2.20. The second-order valence-corrected chi connectivity index (χ2v) is 6.35. The number of anilines is 1. The predicted molar refractivity (Wildman–Crippen MR) is 102 cm³/mol. The molecule has 0 atom stereocenters. The summed E-state index contributed by atoms with van der Waals surface area (Å²) < 4.78 is 26.8. The first kappa shape index (κ1) is 18.0. The largest absolute Gasteiger partial charge is 0.486 e. The highest BCUT2D eigenvalue weighted by atomic mass is 19.1. The molecule has 1 aliphatic rings. The molecule has 0 unspecified atom stereocenters. The van der Waals surface area contributed by atoms with Gasteiger partial charge in [-0.2, -0.15) is 14.4 Å². The maximum atomic E-state index is 13.7. The Balaban J connectivity index is 1.81. The van der Waals surface area contributed by atoms with E-state index < -0.39 is 6.08 Å². The average Bonchev–Trinajstić information content (AvgIpc) is 3.03. The maximum absolute atomic E-state index is 13.7. The number of benzene rings is 1. The van der Waals surface area contributed by atoms with Crippen LogP contribution in [-0.4, -0.2) is 39.3 Å². The highest BCUT2D eigenvalue weighted by molar-refractivity contribution is 5.82. The van der Waals surface area contributed by atoms with E-state index in [0.717, 1.165) is 5.56 Å². The van der Waals surface area contributed by atoms with Gasteiger partial charge in [-0.1, -0.05) is 5.92 Å². The molecule has 0 saturated carbocycles. The number of nitrogens with zero attached hydrogens (tertiary/aromatic N) is 4. The molecule has 0 radical (unpaired) electrons. The van der Waals surface area contributed by atoms with Gasteiger partial charge in [0.2, 0.25) is 0 Å². The van der Waals surface area contributed by atoms with E-state index in [9.17, 15) is 4.39 Å². The number of rotatable bonds is 5. The molecule has 2 aromatic heterocycles. The summed E-state index contributed by atoms with van der Waals surface area (Å²) in [4.78, 5) is 12.0. The zero-order valence-corrected chi connectivity index (χ0v) is 15.1. The van der Waals surface area contributed by atoms with Crippen LogP contribution in [0.4, 0.5) is 10.2 Å². The Morgan fingerprint density at radius 2 is 1.93 bits per heavy atom. The zero-order chi connectivity index (χ0) is 19.7. The van der Waals surface area contributed by atoms with E-state index in [4.69, 9.17) is 27.4 Å². The zero-order valence-electron chi connectivity index (χ0n) is 15.1. The Bertz CT molecular complexity index is 1090. The van der Waals surface area contributed by atoms with Gasteiger partial charge in [-0.3, -0.25) is 0 Å². The lowest BCUT2D eigenvalue weighted by molar-refractivity contribution is 0.171. The van der Waals surface area contributed by atoms with Crippen LogP contribution < -0.4 is 20.9 Å². The maximum Gasteiger partial charge on any atom is 0.312 e. The Morgan fingerprint density at radius 3 is 2.64 bits per heavy atom. The van der Waals surface area contributed by atoms with Gasteiger partial charge in [0.05, 0.1) is 0 Å². The third-order valence-corrected chi connectivity index (χ3v) is 4.53. The van der Waals surface area contributed by atoms with E-state index in [1.807, 2.05) is 6.07 Å². The third kappa shape index (κ3) is 3.18. The molecular formula is C19H19FN6O2. The Morgan fingerprint density at radius 1 is 1.18 bits per heavy atom. The smallest absolute Gasteiger partial charge is 0.312 e. The minimum atomic E-state index is -0.894. The summed E-state index contributed by atoms with van der Waals surface area (Å²) in [6, 6.07) is 3.64. The molecule has 0 bridgehead atoms. The van der Waals surface area contributed by atoms with Gasteiger partial charge in [0.1, 0.15) is 19.0 Å². The van der Waals surface area contributed by atoms with E-state index in [0.29, 0.717) is 73.2 Å². The quantitative estimate of drug-likeness (QED) is 0.504. The molecule has 8 nitrogen and oxygen atoms in total. The molecular weight excluding hydrogens is 363 g/mol. The van der Waals surface area contributed by atoms with Gasteiger partial charge >= 0.3 is 6.08 Å². The van der Waals surface area contributed by atoms with Gasteiger partial charge < -0.3 is 25.5 Å². The fourth-order valence-corrected chi connectivity index (χ4v) is 3.24. The topological polar surface area (TPSA) is 114 Å². The van der Waals surface area contributed by atoms with Crippen LogP contribution >= 0.6 is 0 Å². The molecule has 0 aliphatic carbocycles. The normalized spacial score (nSPS) is 12.9. The molecule has 3 aromatic rings. The number of ether oxygens (including phenoxy) is 2. The number of aryl methyl sites for hydroxylation is 1. The minimum absolute atomic E-state index is 0.00500. The summed E-state index contributed by atoms with van der Waals surface area (Å²) in [5.74, 6) is 4.57. The molecule has 3 heterocycles. The first-order valence-corrected chi connectivity index (χ1v) is 8.88. The molecule has 1 aromatic carbocycles. The number of fused-ring (bicyclic) bond motifs is 2. The molecule has 1 aliphatic heterocycles. The van der Waals surface area contributed by atoms with Crippen molar-refractivity contribution in [2.75, 3.05) is 25.5 Å². The standard InChI is InChI=1S/C19H19FN6O2/c1-2-11-8-13-14(28-7-6-27-13)9-12(11)10-15-23-16-17(22)24-19(20)25-18(16)26(15)5-3-4-21/h1,8-9H,3-7,10,21H2,(H2,22,24,25). The number of halogens is 1. The molecule has 0 amide bonds. The second-order valence-electron chi connectivity index (χ2n) is 6.35. The molecule has 0 spiro atoms. The number of aromatic nitrogens is 4. The van der Waals surface area contributed by atoms with Gasteiger partial charge in [-0.05, 0) is 30.7 Å². The van der Waals surface area contributed by atoms with Crippen molar-refractivity contribution in [1.29, 1.82) is 0 Å². The molecule has 0 saturated heterocycles. The molecule has 4 N–H and O–H groups in total. The number of nitrogen functional groups attached to an aromatic ring is 1. The van der Waals surface area contributed by atoms with Crippen molar-refractivity contribution in [2.45, 2.75) is 19.4 Å². The summed E-state index contributed by atoms with van der Waals surface area (Å²) in [5.41, 5.74) is 13.7. The van der Waals surface area contributed by atoms with Gasteiger partial charge in [0.25, 0.3) is 0 Å². The van der Waals surface area contributed by atoms with E-state index in [1.54, 1.807) is 10.6 Å². The van der Waals surface area contributed by atoms with Crippen LogP contribution in [0.25, 0.3) is 11.2 Å². The van der Waals surface area contributed by atoms with Gasteiger partial charge in [0, 0.05) is 18.5 Å². The van der Waals surface area contributed by atoms with Crippen molar-refractivity contribution < 1.29 is 13.9 Å². The lowest BCUT2D eigenvalue weighted by atomic mass is 10.0. The van der Waals surface area contributed by atoms with Crippen molar-refractivity contribution >= 4 is 17.0 Å². The SMILES string of the molecule is C#Cc1cc2c(cc1Cc1nc3c(N)nc(F)nc3n1CCCN)OCCO2. The van der Waals surface area contributed by atoms with E-state index in [1.165, 1.54) is 0 Å². The van der Waals surface area contributed by atoms with Crippen molar-refractivity contribution in [3.05, 3.63) is 35.2 Å². The lowest BCUT2D eigenvalue weighted by Crippen LogP contribution is -2.16. The summed E-state index contributed by atoms with van der Waals surface area (Å²) in [6.07, 6.45) is 5.86. The predicted octanol–water partition coefficient (Wildman–Crippen LogP) is 1.24. The Kier molecular flexibility index (Phi) is 4.71. The summed E-state index contributed by atoms with van der Waals surface area (Å²) in [5, 5.41) is 0. The first-order valence-electron chi connectivity index (χ1n) is 8.88. The first-order chi connectivity index (χ1) is 13.6. The fraction of sp³-hybridized carbons (Fsp3) is 0.316. The van der Waals surface area contributed by atoms with Crippen LogP contribution in [0.15, 0.2) is 12.1 Å². The van der Waals surface area contributed by atoms with Crippen LogP contribution in [0.1, 0.15) is 23.4 Å². The van der Waals surface area contributed by atoms with Gasteiger partial charge in [-0.15, -0.1) is 6.42 Å². The number of hydrogen-bond acceptors (Lipinski definition) is 7. The summed E-state index contributed by atoms with van der Waals surface area (Å²) in [7, 11) is 0. The summed E-state index contributed by atoms with van der Waals surface area (Å²) >= 11 is 0. The van der Waals surface area contributed by atoms with Crippen LogP contribution in [0.5, 0.6) is 11.5 Å². The van der Waals surface area contributed by atoms with E-state index >= 15 is 0 Å². The molecule has 28 heavy (non-hydrogen) atoms. The van der Waals surface area contributed by atoms with Gasteiger partial charge in [0.15, 0.2) is 28.5 Å². The van der Waals surface area contributed by atoms with E-state index in [-0.39, 0.29) is 5.82 Å². The number of terminal acetylenes is 1. The fourth-order valence-electron chi connectivity index (χ4n) is 3.24. The Labute approximate surface area is 160 Å². The number of nitrogens with two attached hydrogens (primary N) is 2. The number of imidazole rings is 1. The van der Waals surface area contributed by atoms with Crippen molar-refractivity contribution in [3.63, 3.8) is 0 Å². The highest BCUT2D eigenvalue weighted by Crippen LogP contribution is 2.34. The van der Waals surface area contributed by atoms with E-state index in [2.05, 4.69) is 20.9 Å². The second kappa shape index (κ2) is 7.32. The minimum Gasteiger partial charge on any atom is -0.486 e. The molecule has 144 valence electrons. The monoisotopic (exact) mass is 382 g/mol.